The molecule has 0 unspecified atom stereocenters. The fourth-order valence-corrected chi connectivity index (χ4v) is 0.974. The van der Waals surface area contributed by atoms with Crippen LogP contribution in [0.25, 0.3) is 0 Å². The van der Waals surface area contributed by atoms with Crippen LogP contribution in [-0.2, 0) is 4.79 Å². The third kappa shape index (κ3) is 7.32. The van der Waals surface area contributed by atoms with Gasteiger partial charge in [0, 0.05) is 6.08 Å². The van der Waals surface area contributed by atoms with E-state index in [4.69, 9.17) is 5.11 Å². The number of allylic oxidation sites excluding steroid dienone is 3. The highest BCUT2D eigenvalue weighted by Gasteiger charge is 1.93. The van der Waals surface area contributed by atoms with Crippen molar-refractivity contribution in [2.24, 2.45) is 0 Å². The van der Waals surface area contributed by atoms with Gasteiger partial charge in [0.2, 0.25) is 0 Å². The zero-order valence-corrected chi connectivity index (χ0v) is 8.63. The van der Waals surface area contributed by atoms with Crippen LogP contribution in [0.4, 0.5) is 0 Å². The first kappa shape index (κ1) is 11.9. The summed E-state index contributed by atoms with van der Waals surface area (Å²) in [6.07, 6.45) is 6.29. The molecule has 0 saturated carbocycles. The van der Waals surface area contributed by atoms with E-state index in [2.05, 4.69) is 19.9 Å². The van der Waals surface area contributed by atoms with Crippen molar-refractivity contribution in [1.29, 1.82) is 0 Å². The van der Waals surface area contributed by atoms with Crippen LogP contribution in [0, 0.1) is 0 Å². The Labute approximate surface area is 80.0 Å². The zero-order valence-electron chi connectivity index (χ0n) is 8.63. The minimum atomic E-state index is -0.853. The number of rotatable bonds is 5. The number of hydrogen-bond acceptors (Lipinski definition) is 1. The first-order valence-electron chi connectivity index (χ1n) is 4.62. The molecule has 2 heteroatoms. The van der Waals surface area contributed by atoms with Gasteiger partial charge in [-0.1, -0.05) is 24.1 Å². The topological polar surface area (TPSA) is 37.3 Å². The predicted octanol–water partition coefficient (Wildman–Crippen LogP) is 3.15. The smallest absolute Gasteiger partial charge is 0.328 e. The van der Waals surface area contributed by atoms with Gasteiger partial charge in [0.1, 0.15) is 0 Å². The fraction of sp³-hybridized carbons (Fsp3) is 0.545. The Morgan fingerprint density at radius 2 is 1.92 bits per heavy atom. The third-order valence-corrected chi connectivity index (χ3v) is 1.96. The molecule has 0 saturated heterocycles. The van der Waals surface area contributed by atoms with E-state index in [1.807, 2.05) is 6.92 Å². The maximum atomic E-state index is 10.3. The highest BCUT2D eigenvalue weighted by molar-refractivity contribution is 5.80. The highest BCUT2D eigenvalue weighted by Crippen LogP contribution is 2.07. The molecule has 0 aliphatic carbocycles. The van der Waals surface area contributed by atoms with Crippen molar-refractivity contribution >= 4 is 5.97 Å². The number of carbonyl (C=O) groups is 1. The van der Waals surface area contributed by atoms with Crippen LogP contribution >= 0.6 is 0 Å². The van der Waals surface area contributed by atoms with Crippen molar-refractivity contribution in [3.05, 3.63) is 23.3 Å². The van der Waals surface area contributed by atoms with Crippen LogP contribution < -0.4 is 0 Å². The molecule has 0 aromatic carbocycles. The summed E-state index contributed by atoms with van der Waals surface area (Å²) in [6, 6.07) is 0. The van der Waals surface area contributed by atoms with E-state index >= 15 is 0 Å². The first-order chi connectivity index (χ1) is 6.06. The molecular formula is C11H18O2. The monoisotopic (exact) mass is 182 g/mol. The van der Waals surface area contributed by atoms with E-state index in [0.717, 1.165) is 24.8 Å². The van der Waals surface area contributed by atoms with E-state index in [1.165, 1.54) is 11.6 Å². The van der Waals surface area contributed by atoms with E-state index in [-0.39, 0.29) is 0 Å². The summed E-state index contributed by atoms with van der Waals surface area (Å²) in [5.41, 5.74) is 2.29. The van der Waals surface area contributed by atoms with E-state index < -0.39 is 5.97 Å². The van der Waals surface area contributed by atoms with Gasteiger partial charge in [-0.15, -0.1) is 0 Å². The fourth-order valence-electron chi connectivity index (χ4n) is 0.974. The number of carboxylic acid groups (broad SMARTS) is 1. The van der Waals surface area contributed by atoms with E-state index in [1.54, 1.807) is 0 Å². The molecule has 74 valence electrons. The van der Waals surface area contributed by atoms with Crippen LogP contribution in [0.15, 0.2) is 23.3 Å². The Morgan fingerprint density at radius 3 is 2.38 bits per heavy atom. The number of aliphatic carboxylic acids is 1. The SMILES string of the molecule is CCC(C)=CCCC(C)=CC(=O)O. The molecule has 0 aromatic heterocycles. The lowest BCUT2D eigenvalue weighted by molar-refractivity contribution is -0.131. The molecule has 0 heterocycles. The number of carboxylic acids is 1. The maximum Gasteiger partial charge on any atom is 0.328 e. The zero-order chi connectivity index (χ0) is 10.3. The molecule has 0 spiro atoms. The second kappa shape index (κ2) is 6.46. The summed E-state index contributed by atoms with van der Waals surface area (Å²) in [6.45, 7) is 6.06. The summed E-state index contributed by atoms with van der Waals surface area (Å²) in [5, 5.41) is 8.45. The summed E-state index contributed by atoms with van der Waals surface area (Å²) in [4.78, 5) is 10.3. The van der Waals surface area contributed by atoms with Crippen LogP contribution in [-0.4, -0.2) is 11.1 Å². The second-order valence-electron chi connectivity index (χ2n) is 3.27. The van der Waals surface area contributed by atoms with Crippen LogP contribution in [0.3, 0.4) is 0 Å². The third-order valence-electron chi connectivity index (χ3n) is 1.96. The van der Waals surface area contributed by atoms with Gasteiger partial charge in [-0.25, -0.2) is 4.79 Å². The van der Waals surface area contributed by atoms with Crippen LogP contribution in [0.1, 0.15) is 40.0 Å². The van der Waals surface area contributed by atoms with Crippen molar-refractivity contribution in [3.8, 4) is 0 Å². The summed E-state index contributed by atoms with van der Waals surface area (Å²) < 4.78 is 0. The first-order valence-corrected chi connectivity index (χ1v) is 4.62. The van der Waals surface area contributed by atoms with Gasteiger partial charge in [0.25, 0.3) is 0 Å². The van der Waals surface area contributed by atoms with Gasteiger partial charge in [0.05, 0.1) is 0 Å². The van der Waals surface area contributed by atoms with E-state index in [0.29, 0.717) is 0 Å². The predicted molar refractivity (Wildman–Crippen MR) is 54.7 cm³/mol. The summed E-state index contributed by atoms with van der Waals surface area (Å²) in [5.74, 6) is -0.853. The van der Waals surface area contributed by atoms with Crippen molar-refractivity contribution in [2.45, 2.75) is 40.0 Å². The average molecular weight is 182 g/mol. The lowest BCUT2D eigenvalue weighted by Crippen LogP contribution is -1.89. The quantitative estimate of drug-likeness (QED) is 0.524. The molecule has 13 heavy (non-hydrogen) atoms. The van der Waals surface area contributed by atoms with Crippen molar-refractivity contribution < 1.29 is 9.90 Å². The van der Waals surface area contributed by atoms with Gasteiger partial charge in [-0.3, -0.25) is 0 Å². The summed E-state index contributed by atoms with van der Waals surface area (Å²) >= 11 is 0. The van der Waals surface area contributed by atoms with Crippen LogP contribution in [0.5, 0.6) is 0 Å². The lowest BCUT2D eigenvalue weighted by Gasteiger charge is -1.97. The minimum Gasteiger partial charge on any atom is -0.478 e. The Hall–Kier alpha value is -1.05. The standard InChI is InChI=1S/C11H18O2/c1-4-9(2)6-5-7-10(3)8-11(12)13/h6,8H,4-5,7H2,1-3H3,(H,12,13). The Morgan fingerprint density at radius 1 is 1.31 bits per heavy atom. The molecule has 0 aromatic rings. The minimum absolute atomic E-state index is 0.837. The van der Waals surface area contributed by atoms with Crippen molar-refractivity contribution in [1.82, 2.24) is 0 Å². The van der Waals surface area contributed by atoms with E-state index in [9.17, 15) is 4.79 Å². The van der Waals surface area contributed by atoms with Crippen molar-refractivity contribution in [2.75, 3.05) is 0 Å². The van der Waals surface area contributed by atoms with Gasteiger partial charge >= 0.3 is 5.97 Å². The van der Waals surface area contributed by atoms with Crippen molar-refractivity contribution in [3.63, 3.8) is 0 Å². The molecule has 0 radical (unpaired) electrons. The molecule has 0 bridgehead atoms. The maximum absolute atomic E-state index is 10.3. The molecule has 0 aliphatic heterocycles. The normalized spacial score (nSPS) is 13.2. The Bertz CT molecular complexity index is 224. The average Bonchev–Trinajstić information content (AvgIpc) is 2.02. The Balaban J connectivity index is 3.83. The largest absolute Gasteiger partial charge is 0.478 e. The second-order valence-corrected chi connectivity index (χ2v) is 3.27. The molecule has 0 fully saturated rings. The lowest BCUT2D eigenvalue weighted by atomic mass is 10.1. The van der Waals surface area contributed by atoms with Gasteiger partial charge in [-0.05, 0) is 33.1 Å². The molecule has 1 N–H and O–H groups in total. The summed E-state index contributed by atoms with van der Waals surface area (Å²) in [7, 11) is 0. The van der Waals surface area contributed by atoms with Gasteiger partial charge in [0.15, 0.2) is 0 Å². The molecule has 0 rings (SSSR count). The molecular weight excluding hydrogens is 164 g/mol. The molecule has 0 amide bonds. The highest BCUT2D eigenvalue weighted by atomic mass is 16.4. The Kier molecular flexibility index (Phi) is 5.94. The molecule has 0 aliphatic rings. The van der Waals surface area contributed by atoms with Crippen LogP contribution in [0.2, 0.25) is 0 Å². The molecule has 2 nitrogen and oxygen atoms in total. The number of hydrogen-bond donors (Lipinski definition) is 1. The van der Waals surface area contributed by atoms with Gasteiger partial charge < -0.3 is 5.11 Å². The van der Waals surface area contributed by atoms with Gasteiger partial charge in [-0.2, -0.15) is 0 Å². The molecule has 0 atom stereocenters.